The first kappa shape index (κ1) is 18.4. The Bertz CT molecular complexity index is 903. The fourth-order valence-electron chi connectivity index (χ4n) is 3.46. The van der Waals surface area contributed by atoms with Crippen LogP contribution in [0.3, 0.4) is 0 Å². The van der Waals surface area contributed by atoms with E-state index >= 15 is 0 Å². The number of carbonyl (C=O) groups excluding carboxylic acids is 1. The van der Waals surface area contributed by atoms with Crippen LogP contribution in [-0.2, 0) is 11.3 Å². The summed E-state index contributed by atoms with van der Waals surface area (Å²) < 4.78 is 1.46. The smallest absolute Gasteiger partial charge is 0.258 e. The second-order valence-corrected chi connectivity index (χ2v) is 7.87. The van der Waals surface area contributed by atoms with Crippen LogP contribution in [0.4, 0.5) is 0 Å². The number of rotatable bonds is 5. The average molecular weight is 390 g/mol. The predicted octanol–water partition coefficient (Wildman–Crippen LogP) is 1.13. The predicted molar refractivity (Wildman–Crippen MR) is 104 cm³/mol. The van der Waals surface area contributed by atoms with Crippen LogP contribution in [0.15, 0.2) is 29.2 Å². The molecule has 1 atom stereocenters. The maximum Gasteiger partial charge on any atom is 0.258 e. The number of piperazine rings is 1. The third kappa shape index (κ3) is 4.31. The van der Waals surface area contributed by atoms with Crippen LogP contribution < -0.4 is 10.9 Å². The summed E-state index contributed by atoms with van der Waals surface area (Å²) in [5.74, 6) is 0.133. The molecule has 1 aliphatic heterocycles. The highest BCUT2D eigenvalue weighted by Gasteiger charge is 2.30. The van der Waals surface area contributed by atoms with Crippen molar-refractivity contribution in [3.63, 3.8) is 0 Å². The molecule has 1 amide bonds. The molecule has 27 heavy (non-hydrogen) atoms. The summed E-state index contributed by atoms with van der Waals surface area (Å²) >= 11 is 5.95. The first-order chi connectivity index (χ1) is 13.0. The Morgan fingerprint density at radius 1 is 1.30 bits per heavy atom. The van der Waals surface area contributed by atoms with Gasteiger partial charge in [-0.25, -0.2) is 4.98 Å². The molecule has 1 saturated carbocycles. The van der Waals surface area contributed by atoms with Crippen LogP contribution in [0.2, 0.25) is 5.02 Å². The van der Waals surface area contributed by atoms with Crippen LogP contribution in [0.25, 0.3) is 5.65 Å². The van der Waals surface area contributed by atoms with Crippen molar-refractivity contribution in [3.05, 3.63) is 45.5 Å². The minimum atomic E-state index is -0.124. The molecule has 3 heterocycles. The highest BCUT2D eigenvalue weighted by molar-refractivity contribution is 6.30. The molecule has 144 valence electrons. The van der Waals surface area contributed by atoms with Gasteiger partial charge in [-0.3, -0.25) is 23.8 Å². The fraction of sp³-hybridized carbons (Fsp3) is 0.526. The molecule has 2 aromatic rings. The Morgan fingerprint density at radius 3 is 2.74 bits per heavy atom. The second kappa shape index (κ2) is 7.58. The molecule has 7 nitrogen and oxygen atoms in total. The van der Waals surface area contributed by atoms with Crippen molar-refractivity contribution in [1.29, 1.82) is 0 Å². The van der Waals surface area contributed by atoms with Gasteiger partial charge in [-0.1, -0.05) is 11.6 Å². The monoisotopic (exact) mass is 389 g/mol. The Balaban J connectivity index is 1.36. The van der Waals surface area contributed by atoms with Crippen LogP contribution in [0.1, 0.15) is 25.5 Å². The molecule has 1 saturated heterocycles. The van der Waals surface area contributed by atoms with Crippen molar-refractivity contribution >= 4 is 23.2 Å². The van der Waals surface area contributed by atoms with Crippen LogP contribution in [0.5, 0.6) is 0 Å². The van der Waals surface area contributed by atoms with E-state index in [1.165, 1.54) is 4.40 Å². The summed E-state index contributed by atoms with van der Waals surface area (Å²) in [5, 5.41) is 3.59. The molecule has 2 aliphatic rings. The van der Waals surface area contributed by atoms with Gasteiger partial charge in [-0.15, -0.1) is 0 Å². The molecule has 4 rings (SSSR count). The number of nitrogens with zero attached hydrogens (tertiary/aromatic N) is 4. The van der Waals surface area contributed by atoms with Gasteiger partial charge in [0.2, 0.25) is 5.91 Å². The van der Waals surface area contributed by atoms with Crippen LogP contribution in [0, 0.1) is 0 Å². The zero-order chi connectivity index (χ0) is 19.0. The van der Waals surface area contributed by atoms with E-state index in [1.54, 1.807) is 24.4 Å². The lowest BCUT2D eigenvalue weighted by Gasteiger charge is -2.37. The standard InChI is InChI=1S/C19H24ClN5O2/c1-13(19(27)22-15-3-4-15)24-8-6-23(7-9-24)12-16-10-18(26)25-11-14(20)2-5-17(25)21-16/h2,5,10-11,13,15H,3-4,6-9,12H2,1H3,(H,22,27). The Morgan fingerprint density at radius 2 is 2.04 bits per heavy atom. The van der Waals surface area contributed by atoms with Crippen molar-refractivity contribution < 1.29 is 4.79 Å². The van der Waals surface area contributed by atoms with Gasteiger partial charge >= 0.3 is 0 Å². The van der Waals surface area contributed by atoms with Gasteiger partial charge in [-0.05, 0) is 31.9 Å². The minimum Gasteiger partial charge on any atom is -0.352 e. The number of halogens is 1. The molecule has 2 fully saturated rings. The maximum atomic E-state index is 12.3. The number of carbonyl (C=O) groups is 1. The van der Waals surface area contributed by atoms with Gasteiger partial charge in [0.05, 0.1) is 16.8 Å². The molecule has 0 bridgehead atoms. The van der Waals surface area contributed by atoms with E-state index in [0.29, 0.717) is 23.3 Å². The average Bonchev–Trinajstić information content (AvgIpc) is 3.46. The third-order valence-corrected chi connectivity index (χ3v) is 5.54. The quantitative estimate of drug-likeness (QED) is 0.830. The van der Waals surface area contributed by atoms with Crippen LogP contribution >= 0.6 is 11.6 Å². The molecule has 0 aromatic carbocycles. The number of pyridine rings is 1. The summed E-state index contributed by atoms with van der Waals surface area (Å²) in [6, 6.07) is 5.36. The highest BCUT2D eigenvalue weighted by Crippen LogP contribution is 2.19. The summed E-state index contributed by atoms with van der Waals surface area (Å²) in [5.41, 5.74) is 1.24. The minimum absolute atomic E-state index is 0.0964. The zero-order valence-corrected chi connectivity index (χ0v) is 16.2. The van der Waals surface area contributed by atoms with Gasteiger partial charge in [0.1, 0.15) is 5.65 Å². The lowest BCUT2D eigenvalue weighted by Crippen LogP contribution is -2.53. The van der Waals surface area contributed by atoms with E-state index in [9.17, 15) is 9.59 Å². The summed E-state index contributed by atoms with van der Waals surface area (Å²) in [6.07, 6.45) is 3.80. The fourth-order valence-corrected chi connectivity index (χ4v) is 3.62. The van der Waals surface area contributed by atoms with E-state index < -0.39 is 0 Å². The van der Waals surface area contributed by atoms with E-state index in [2.05, 4.69) is 20.1 Å². The van der Waals surface area contributed by atoms with Crippen molar-refractivity contribution in [1.82, 2.24) is 24.5 Å². The van der Waals surface area contributed by atoms with Crippen molar-refractivity contribution in [3.8, 4) is 0 Å². The Kier molecular flexibility index (Phi) is 5.16. The molecule has 2 aromatic heterocycles. The molecule has 1 unspecified atom stereocenters. The number of nitrogens with one attached hydrogen (secondary N) is 1. The summed E-state index contributed by atoms with van der Waals surface area (Å²) in [7, 11) is 0. The number of aromatic nitrogens is 2. The van der Waals surface area contributed by atoms with Gasteiger partial charge in [0.25, 0.3) is 5.56 Å². The normalized spacial score (nSPS) is 19.9. The lowest BCUT2D eigenvalue weighted by molar-refractivity contribution is -0.126. The molecular weight excluding hydrogens is 366 g/mol. The zero-order valence-electron chi connectivity index (χ0n) is 15.4. The number of hydrogen-bond donors (Lipinski definition) is 1. The van der Waals surface area contributed by atoms with Gasteiger partial charge < -0.3 is 5.32 Å². The molecule has 8 heteroatoms. The van der Waals surface area contributed by atoms with Gasteiger partial charge in [0, 0.05) is 51.0 Å². The number of hydrogen-bond acceptors (Lipinski definition) is 5. The molecule has 1 N–H and O–H groups in total. The number of fused-ring (bicyclic) bond motifs is 1. The van der Waals surface area contributed by atoms with Gasteiger partial charge in [0.15, 0.2) is 0 Å². The van der Waals surface area contributed by atoms with E-state index in [-0.39, 0.29) is 17.5 Å². The molecule has 0 radical (unpaired) electrons. The first-order valence-corrected chi connectivity index (χ1v) is 9.82. The number of amides is 1. The lowest BCUT2D eigenvalue weighted by atomic mass is 10.2. The van der Waals surface area contributed by atoms with E-state index in [0.717, 1.165) is 44.7 Å². The van der Waals surface area contributed by atoms with Crippen molar-refractivity contribution in [2.24, 2.45) is 0 Å². The molecule has 0 spiro atoms. The molecule has 1 aliphatic carbocycles. The largest absolute Gasteiger partial charge is 0.352 e. The maximum absolute atomic E-state index is 12.3. The van der Waals surface area contributed by atoms with E-state index in [4.69, 9.17) is 11.6 Å². The summed E-state index contributed by atoms with van der Waals surface area (Å²) in [6.45, 7) is 5.98. The van der Waals surface area contributed by atoms with Crippen molar-refractivity contribution in [2.75, 3.05) is 26.2 Å². The third-order valence-electron chi connectivity index (χ3n) is 5.32. The highest BCUT2D eigenvalue weighted by atomic mass is 35.5. The second-order valence-electron chi connectivity index (χ2n) is 7.43. The van der Waals surface area contributed by atoms with Crippen molar-refractivity contribution in [2.45, 2.75) is 38.4 Å². The Labute approximate surface area is 162 Å². The van der Waals surface area contributed by atoms with E-state index in [1.807, 2.05) is 6.92 Å². The summed E-state index contributed by atoms with van der Waals surface area (Å²) in [4.78, 5) is 33.6. The first-order valence-electron chi connectivity index (χ1n) is 9.44. The Hall–Kier alpha value is -1.96. The topological polar surface area (TPSA) is 70.0 Å². The molecular formula is C19H24ClN5O2. The SMILES string of the molecule is CC(C(=O)NC1CC1)N1CCN(Cc2cc(=O)n3cc(Cl)ccc3n2)CC1. The van der Waals surface area contributed by atoms with Crippen LogP contribution in [-0.4, -0.2) is 63.4 Å². The van der Waals surface area contributed by atoms with Gasteiger partial charge in [-0.2, -0.15) is 0 Å².